The summed E-state index contributed by atoms with van der Waals surface area (Å²) in [4.78, 5) is 15.9. The molecule has 0 saturated carbocycles. The molecule has 0 aliphatic carbocycles. The van der Waals surface area contributed by atoms with Crippen molar-refractivity contribution in [2.45, 2.75) is 31.5 Å². The van der Waals surface area contributed by atoms with Crippen molar-refractivity contribution in [3.63, 3.8) is 0 Å². The molecule has 0 unspecified atom stereocenters. The summed E-state index contributed by atoms with van der Waals surface area (Å²) in [7, 11) is -3.01. The highest BCUT2D eigenvalue weighted by Crippen LogP contribution is 2.30. The van der Waals surface area contributed by atoms with Gasteiger partial charge in [-0.05, 0) is 31.0 Å². The highest BCUT2D eigenvalue weighted by molar-refractivity contribution is 7.91. The van der Waals surface area contributed by atoms with Gasteiger partial charge in [0.25, 0.3) is 0 Å². The Morgan fingerprint density at radius 1 is 1.19 bits per heavy atom. The van der Waals surface area contributed by atoms with Crippen LogP contribution in [-0.2, 0) is 22.4 Å². The van der Waals surface area contributed by atoms with Crippen molar-refractivity contribution in [2.75, 3.05) is 11.5 Å². The van der Waals surface area contributed by atoms with Crippen LogP contribution in [-0.4, -0.2) is 45.6 Å². The number of hydrogen-bond donors (Lipinski definition) is 1. The van der Waals surface area contributed by atoms with Crippen molar-refractivity contribution in [2.24, 2.45) is 0 Å². The van der Waals surface area contributed by atoms with E-state index in [-0.39, 0.29) is 41.0 Å². The molecule has 164 valence electrons. The number of aromatic hydroxyl groups is 1. The predicted octanol–water partition coefficient (Wildman–Crippen LogP) is 3.33. The minimum atomic E-state index is -4.66. The smallest absolute Gasteiger partial charge is 0.433 e. The molecular weight excluding hydrogens is 435 g/mol. The third kappa shape index (κ3) is 4.55. The Morgan fingerprint density at radius 3 is 2.58 bits per heavy atom. The van der Waals surface area contributed by atoms with Crippen molar-refractivity contribution >= 4 is 26.5 Å². The molecule has 11 heteroatoms. The first kappa shape index (κ1) is 21.3. The quantitative estimate of drug-likeness (QED) is 0.608. The number of halogens is 3. The van der Waals surface area contributed by atoms with E-state index in [4.69, 9.17) is 0 Å². The van der Waals surface area contributed by atoms with Crippen LogP contribution in [0.15, 0.2) is 36.5 Å². The second kappa shape index (κ2) is 7.63. The van der Waals surface area contributed by atoms with Crippen LogP contribution in [0.5, 0.6) is 5.75 Å². The zero-order chi connectivity index (χ0) is 22.4. The summed E-state index contributed by atoms with van der Waals surface area (Å²) in [6, 6.07) is 5.94. The normalized spacial score (nSPS) is 17.1. The summed E-state index contributed by atoms with van der Waals surface area (Å²) < 4.78 is 63.4. The van der Waals surface area contributed by atoms with Gasteiger partial charge in [0.05, 0.1) is 23.1 Å². The van der Waals surface area contributed by atoms with Gasteiger partial charge in [0.2, 0.25) is 0 Å². The lowest BCUT2D eigenvalue weighted by Gasteiger charge is -2.22. The molecule has 4 rings (SSSR count). The Labute approximate surface area is 175 Å². The summed E-state index contributed by atoms with van der Waals surface area (Å²) >= 11 is 0. The topological polar surface area (TPSA) is 102 Å². The van der Waals surface area contributed by atoms with Crippen LogP contribution < -0.4 is 0 Å². The zero-order valence-corrected chi connectivity index (χ0v) is 16.9. The number of carbonyl (C=O) groups excluding carboxylic acids is 1. The maximum Gasteiger partial charge on any atom is 0.433 e. The molecule has 1 aliphatic heterocycles. The van der Waals surface area contributed by atoms with Gasteiger partial charge in [-0.2, -0.15) is 18.3 Å². The van der Waals surface area contributed by atoms with Crippen molar-refractivity contribution in [3.05, 3.63) is 53.5 Å². The maximum atomic E-state index is 12.8. The van der Waals surface area contributed by atoms with E-state index in [2.05, 4.69) is 10.1 Å². The molecule has 0 amide bonds. The molecule has 1 aliphatic rings. The number of fused-ring (bicyclic) bond motifs is 1. The number of Topliss-reactive ketones (excluding diaryl/α,β-unsaturated/α-hetero) is 1. The fourth-order valence-electron chi connectivity index (χ4n) is 3.61. The molecule has 3 aromatic rings. The van der Waals surface area contributed by atoms with Gasteiger partial charge in [-0.3, -0.25) is 9.48 Å². The fourth-order valence-corrected chi connectivity index (χ4v) is 5.08. The number of benzene rings is 1. The van der Waals surface area contributed by atoms with Crippen molar-refractivity contribution in [3.8, 4) is 5.75 Å². The lowest BCUT2D eigenvalue weighted by atomic mass is 10.0. The first-order valence-corrected chi connectivity index (χ1v) is 11.3. The number of sulfone groups is 1. The molecule has 1 N–H and O–H groups in total. The average Bonchev–Trinajstić information content (AvgIpc) is 3.10. The van der Waals surface area contributed by atoms with Gasteiger partial charge in [0.1, 0.15) is 27.0 Å². The van der Waals surface area contributed by atoms with E-state index in [1.165, 1.54) is 12.1 Å². The molecule has 7 nitrogen and oxygen atoms in total. The molecule has 2 aromatic heterocycles. The van der Waals surface area contributed by atoms with Crippen LogP contribution in [0.3, 0.4) is 0 Å². The Bertz CT molecular complexity index is 1250. The highest BCUT2D eigenvalue weighted by atomic mass is 32.2. The van der Waals surface area contributed by atoms with Gasteiger partial charge in [-0.25, -0.2) is 13.4 Å². The van der Waals surface area contributed by atoms with Gasteiger partial charge in [-0.1, -0.05) is 6.07 Å². The lowest BCUT2D eigenvalue weighted by molar-refractivity contribution is -0.141. The number of phenolic OH excluding ortho intramolecular Hbond substituents is 1. The van der Waals surface area contributed by atoms with E-state index >= 15 is 0 Å². The molecular formula is C20H18F3N3O4S. The zero-order valence-electron chi connectivity index (χ0n) is 16.1. The maximum absolute atomic E-state index is 12.8. The molecule has 1 saturated heterocycles. The second-order valence-corrected chi connectivity index (χ2v) is 9.84. The SMILES string of the molecule is O=C(Cc1cc2cn(C3CCS(=O)(=O)CC3)nc2cc1O)c1cccc(C(F)(F)F)n1. The van der Waals surface area contributed by atoms with Crippen LogP contribution in [0.4, 0.5) is 13.2 Å². The number of phenols is 1. The van der Waals surface area contributed by atoms with Gasteiger partial charge in [-0.15, -0.1) is 0 Å². The predicted molar refractivity (Wildman–Crippen MR) is 106 cm³/mol. The van der Waals surface area contributed by atoms with Crippen LogP contribution in [0.2, 0.25) is 0 Å². The van der Waals surface area contributed by atoms with E-state index in [1.807, 2.05) is 0 Å². The molecule has 0 spiro atoms. The van der Waals surface area contributed by atoms with Gasteiger partial charge in [0, 0.05) is 29.6 Å². The summed E-state index contributed by atoms with van der Waals surface area (Å²) in [6.07, 6.45) is -2.40. The molecule has 1 aromatic carbocycles. The number of nitrogens with zero attached hydrogens (tertiary/aromatic N) is 3. The Balaban J connectivity index is 1.57. The first-order chi connectivity index (χ1) is 14.5. The molecule has 0 radical (unpaired) electrons. The van der Waals surface area contributed by atoms with Crippen LogP contribution in [0, 0.1) is 0 Å². The van der Waals surface area contributed by atoms with Crippen LogP contribution >= 0.6 is 0 Å². The number of rotatable bonds is 4. The molecule has 3 heterocycles. The van der Waals surface area contributed by atoms with Crippen molar-refractivity contribution in [1.82, 2.24) is 14.8 Å². The highest BCUT2D eigenvalue weighted by Gasteiger charge is 2.33. The van der Waals surface area contributed by atoms with E-state index in [1.54, 1.807) is 16.9 Å². The first-order valence-electron chi connectivity index (χ1n) is 9.50. The average molecular weight is 453 g/mol. The standard InChI is InChI=1S/C20H18F3N3O4S/c21-20(22,23)19-3-1-2-15(24-19)18(28)9-12-8-13-11-26(25-16(13)10-17(12)27)14-4-6-31(29,30)7-5-14/h1-3,8,10-11,14,27H,4-7,9H2. The van der Waals surface area contributed by atoms with E-state index in [0.29, 0.717) is 23.7 Å². The van der Waals surface area contributed by atoms with Crippen LogP contribution in [0.25, 0.3) is 10.9 Å². The van der Waals surface area contributed by atoms with Crippen molar-refractivity contribution in [1.29, 1.82) is 0 Å². The number of alkyl halides is 3. The number of pyridine rings is 1. The largest absolute Gasteiger partial charge is 0.508 e. The van der Waals surface area contributed by atoms with Gasteiger partial charge >= 0.3 is 6.18 Å². The Hall–Kier alpha value is -2.95. The summed E-state index contributed by atoms with van der Waals surface area (Å²) in [5.74, 6) is -0.693. The third-order valence-corrected chi connectivity index (χ3v) is 7.01. The van der Waals surface area contributed by atoms with Crippen molar-refractivity contribution < 1.29 is 31.5 Å². The number of ketones is 1. The Kier molecular flexibility index (Phi) is 5.24. The van der Waals surface area contributed by atoms with E-state index < -0.39 is 27.5 Å². The molecule has 0 atom stereocenters. The molecule has 31 heavy (non-hydrogen) atoms. The molecule has 1 fully saturated rings. The van der Waals surface area contributed by atoms with Gasteiger partial charge in [0.15, 0.2) is 5.78 Å². The number of aromatic nitrogens is 3. The monoisotopic (exact) mass is 453 g/mol. The van der Waals surface area contributed by atoms with Crippen LogP contribution in [0.1, 0.15) is 40.6 Å². The summed E-state index contributed by atoms with van der Waals surface area (Å²) in [5.41, 5.74) is -0.788. The minimum absolute atomic E-state index is 0.0857. The van der Waals surface area contributed by atoms with E-state index in [9.17, 15) is 31.5 Å². The number of hydrogen-bond acceptors (Lipinski definition) is 6. The third-order valence-electron chi connectivity index (χ3n) is 5.30. The summed E-state index contributed by atoms with van der Waals surface area (Å²) in [5, 5.41) is 15.3. The number of carbonyl (C=O) groups is 1. The second-order valence-electron chi connectivity index (χ2n) is 7.54. The fraction of sp³-hybridized carbons (Fsp3) is 0.350. The minimum Gasteiger partial charge on any atom is -0.508 e. The lowest BCUT2D eigenvalue weighted by Crippen LogP contribution is -2.25. The van der Waals surface area contributed by atoms with E-state index in [0.717, 1.165) is 12.1 Å². The summed E-state index contributed by atoms with van der Waals surface area (Å²) in [6.45, 7) is 0. The molecule has 0 bridgehead atoms. The Morgan fingerprint density at radius 2 is 1.90 bits per heavy atom. The van der Waals surface area contributed by atoms with Gasteiger partial charge < -0.3 is 5.11 Å².